The highest BCUT2D eigenvalue weighted by Gasteiger charge is 2.16. The van der Waals surface area contributed by atoms with Crippen LogP contribution in [0.15, 0.2) is 0 Å². The second-order valence-corrected chi connectivity index (χ2v) is 5.14. The summed E-state index contributed by atoms with van der Waals surface area (Å²) in [7, 11) is -2.07. The van der Waals surface area contributed by atoms with E-state index in [9.17, 15) is 9.00 Å². The molecule has 4 heteroatoms. The van der Waals surface area contributed by atoms with Gasteiger partial charge in [0.2, 0.25) is 5.75 Å². The molecule has 0 saturated heterocycles. The molecule has 0 amide bonds. The van der Waals surface area contributed by atoms with Gasteiger partial charge in [0.25, 0.3) is 0 Å². The largest absolute Gasteiger partial charge is 0.478 e. The Morgan fingerprint density at radius 3 is 2.00 bits per heavy atom. The van der Waals surface area contributed by atoms with Gasteiger partial charge in [-0.2, -0.15) is 0 Å². The minimum absolute atomic E-state index is 0.229. The van der Waals surface area contributed by atoms with Crippen LogP contribution in [0.5, 0.6) is 0 Å². The van der Waals surface area contributed by atoms with Gasteiger partial charge in [0.05, 0.1) is 9.93 Å². The lowest BCUT2D eigenvalue weighted by atomic mass is 10.8. The number of carbonyl (C=O) groups is 1. The van der Waals surface area contributed by atoms with Crippen LogP contribution in [-0.4, -0.2) is 29.3 Å². The van der Waals surface area contributed by atoms with E-state index in [1.54, 1.807) is 0 Å². The summed E-state index contributed by atoms with van der Waals surface area (Å²) < 4.78 is 10.6. The van der Waals surface area contributed by atoms with Crippen LogP contribution in [0.1, 0.15) is 0 Å². The van der Waals surface area contributed by atoms with Crippen molar-refractivity contribution in [3.8, 4) is 0 Å². The summed E-state index contributed by atoms with van der Waals surface area (Å²) in [5.74, 6) is -1.23. The first kappa shape index (κ1) is 7.62. The molecule has 0 aliphatic heterocycles. The highest BCUT2D eigenvalue weighted by Crippen LogP contribution is 1.90. The molecule has 0 rings (SSSR count). The lowest BCUT2D eigenvalue weighted by Crippen LogP contribution is -2.18. The molecule has 0 aliphatic carbocycles. The van der Waals surface area contributed by atoms with Gasteiger partial charge >= 0.3 is 5.97 Å². The van der Waals surface area contributed by atoms with Gasteiger partial charge in [-0.25, -0.2) is 4.79 Å². The van der Waals surface area contributed by atoms with Crippen molar-refractivity contribution < 1.29 is 14.1 Å². The maximum atomic E-state index is 10.6. The van der Waals surface area contributed by atoms with Gasteiger partial charge in [-0.1, -0.05) is 0 Å². The molecule has 1 N–H and O–H groups in total. The van der Waals surface area contributed by atoms with Gasteiger partial charge in [-0.3, -0.25) is 0 Å². The zero-order chi connectivity index (χ0) is 6.78. The summed E-state index contributed by atoms with van der Waals surface area (Å²) in [5.41, 5.74) is 0. The number of aliphatic carboxylic acids is 1. The summed E-state index contributed by atoms with van der Waals surface area (Å²) in [4.78, 5) is 9.84. The van der Waals surface area contributed by atoms with Crippen molar-refractivity contribution in [2.75, 3.05) is 18.3 Å². The average molecular weight is 137 g/mol. The van der Waals surface area contributed by atoms with Crippen molar-refractivity contribution in [1.82, 2.24) is 0 Å². The topological polar surface area (TPSA) is 54.4 Å². The highest BCUT2D eigenvalue weighted by molar-refractivity contribution is 8.02. The van der Waals surface area contributed by atoms with Crippen LogP contribution in [-0.2, 0) is 18.9 Å². The molecular weight excluding hydrogens is 128 g/mol. The first-order valence-corrected chi connectivity index (χ1v) is 4.60. The maximum Gasteiger partial charge on any atom is 0.353 e. The Labute approximate surface area is 49.1 Å². The van der Waals surface area contributed by atoms with Crippen molar-refractivity contribution in [2.24, 2.45) is 0 Å². The third-order valence-corrected chi connectivity index (χ3v) is 1.41. The third-order valence-electron chi connectivity index (χ3n) is 0.471. The van der Waals surface area contributed by atoms with Crippen molar-refractivity contribution in [3.05, 3.63) is 0 Å². The first-order chi connectivity index (χ1) is 3.42. The number of carboxylic acids is 1. The summed E-state index contributed by atoms with van der Waals surface area (Å²) in [6.45, 7) is 0. The SMILES string of the molecule is C[S+](C)(=O)CC(=O)O. The van der Waals surface area contributed by atoms with Crippen LogP contribution < -0.4 is 0 Å². The number of carboxylic acid groups (broad SMARTS) is 1. The van der Waals surface area contributed by atoms with E-state index in [4.69, 9.17) is 5.11 Å². The van der Waals surface area contributed by atoms with E-state index in [1.165, 1.54) is 12.5 Å². The van der Waals surface area contributed by atoms with Crippen LogP contribution >= 0.6 is 0 Å². The lowest BCUT2D eigenvalue weighted by molar-refractivity contribution is -0.134. The van der Waals surface area contributed by atoms with Crippen LogP contribution in [0.4, 0.5) is 0 Å². The molecule has 0 unspecified atom stereocenters. The molecule has 48 valence electrons. The van der Waals surface area contributed by atoms with Gasteiger partial charge < -0.3 is 5.11 Å². The average Bonchev–Trinajstić information content (AvgIpc) is 1.21. The molecule has 3 nitrogen and oxygen atoms in total. The molecule has 8 heavy (non-hydrogen) atoms. The first-order valence-electron chi connectivity index (χ1n) is 2.05. The Bertz CT molecular complexity index is 134. The molecule has 0 aromatic carbocycles. The van der Waals surface area contributed by atoms with Crippen LogP contribution in [0.2, 0.25) is 0 Å². The predicted molar refractivity (Wildman–Crippen MR) is 32.4 cm³/mol. The second-order valence-electron chi connectivity index (χ2n) is 1.97. The van der Waals surface area contributed by atoms with Crippen molar-refractivity contribution in [3.63, 3.8) is 0 Å². The van der Waals surface area contributed by atoms with E-state index in [-0.39, 0.29) is 5.75 Å². The molecule has 0 aliphatic rings. The fourth-order valence-electron chi connectivity index (χ4n) is 0.297. The van der Waals surface area contributed by atoms with Crippen molar-refractivity contribution in [1.29, 1.82) is 0 Å². The quantitative estimate of drug-likeness (QED) is 0.537. The van der Waals surface area contributed by atoms with E-state index in [0.29, 0.717) is 0 Å². The van der Waals surface area contributed by atoms with E-state index < -0.39 is 15.9 Å². The van der Waals surface area contributed by atoms with Crippen LogP contribution in [0, 0.1) is 0 Å². The standard InChI is InChI=1S/C4H8O3S/c1-8(2,7)3-4(5)6/h3H2,1-2H3/p+1. The lowest BCUT2D eigenvalue weighted by Gasteiger charge is -1.92. The Balaban J connectivity index is 3.74. The molecule has 0 fully saturated rings. The van der Waals surface area contributed by atoms with E-state index in [1.807, 2.05) is 0 Å². The zero-order valence-corrected chi connectivity index (χ0v) is 5.70. The zero-order valence-electron chi connectivity index (χ0n) is 4.88. The normalized spacial score (nSPS) is 11.2. The Hall–Kier alpha value is -0.380. The minimum Gasteiger partial charge on any atom is -0.478 e. The monoisotopic (exact) mass is 137 g/mol. The maximum absolute atomic E-state index is 10.6. The summed E-state index contributed by atoms with van der Waals surface area (Å²) >= 11 is 0. The van der Waals surface area contributed by atoms with Gasteiger partial charge in [0.15, 0.2) is 0 Å². The van der Waals surface area contributed by atoms with Crippen LogP contribution in [0.25, 0.3) is 0 Å². The van der Waals surface area contributed by atoms with E-state index in [0.717, 1.165) is 0 Å². The molecule has 0 atom stereocenters. The summed E-state index contributed by atoms with van der Waals surface area (Å²) in [6.07, 6.45) is 2.86. The molecule has 0 bridgehead atoms. The van der Waals surface area contributed by atoms with Crippen molar-refractivity contribution >= 4 is 15.9 Å². The van der Waals surface area contributed by atoms with Gasteiger partial charge in [0, 0.05) is 0 Å². The van der Waals surface area contributed by atoms with Crippen LogP contribution in [0.3, 0.4) is 0 Å². The molecule has 0 radical (unpaired) electrons. The number of rotatable bonds is 2. The minimum atomic E-state index is -2.07. The Kier molecular flexibility index (Phi) is 2.15. The Morgan fingerprint density at radius 1 is 1.62 bits per heavy atom. The fraction of sp³-hybridized carbons (Fsp3) is 0.750. The third kappa shape index (κ3) is 5.62. The fourth-order valence-corrected chi connectivity index (χ4v) is 0.892. The molecule has 0 saturated carbocycles. The van der Waals surface area contributed by atoms with E-state index in [2.05, 4.69) is 0 Å². The molecular formula is C4H9O3S+. The number of hydrogen-bond donors (Lipinski definition) is 1. The molecule has 0 heterocycles. The van der Waals surface area contributed by atoms with Crippen molar-refractivity contribution in [2.45, 2.75) is 0 Å². The summed E-state index contributed by atoms with van der Waals surface area (Å²) in [5, 5.41) is 8.07. The molecule has 0 aromatic heterocycles. The van der Waals surface area contributed by atoms with Gasteiger partial charge in [0.1, 0.15) is 12.5 Å². The highest BCUT2D eigenvalue weighted by atomic mass is 32.2. The van der Waals surface area contributed by atoms with Gasteiger partial charge in [-0.15, -0.1) is 4.21 Å². The predicted octanol–water partition coefficient (Wildman–Crippen LogP) is -0.170. The second kappa shape index (κ2) is 2.26. The van der Waals surface area contributed by atoms with Gasteiger partial charge in [-0.05, 0) is 0 Å². The Morgan fingerprint density at radius 2 is 2.00 bits per heavy atom. The molecule has 0 aromatic rings. The van der Waals surface area contributed by atoms with E-state index >= 15 is 0 Å². The number of hydrogen-bond acceptors (Lipinski definition) is 2. The summed E-state index contributed by atoms with van der Waals surface area (Å²) in [6, 6.07) is 0. The molecule has 0 spiro atoms. The smallest absolute Gasteiger partial charge is 0.353 e.